The van der Waals surface area contributed by atoms with Crippen LogP contribution in [0.15, 0.2) is 0 Å². The van der Waals surface area contributed by atoms with Gasteiger partial charge in [0.25, 0.3) is 0 Å². The van der Waals surface area contributed by atoms with Gasteiger partial charge in [-0.05, 0) is 20.3 Å². The van der Waals surface area contributed by atoms with Crippen LogP contribution in [0, 0.1) is 0 Å². The van der Waals surface area contributed by atoms with Gasteiger partial charge in [-0.25, -0.2) is 0 Å². The summed E-state index contributed by atoms with van der Waals surface area (Å²) in [6.07, 6.45) is 0.917. The van der Waals surface area contributed by atoms with Crippen molar-refractivity contribution in [3.05, 3.63) is 0 Å². The fraction of sp³-hybridized carbons (Fsp3) is 1.00. The third-order valence-corrected chi connectivity index (χ3v) is 0.744. The monoisotopic (exact) mass is 134 g/mol. The summed E-state index contributed by atoms with van der Waals surface area (Å²) in [6.45, 7) is 3.92. The lowest BCUT2D eigenvalue weighted by molar-refractivity contribution is 0.580. The van der Waals surface area contributed by atoms with E-state index < -0.39 is 0 Å². The Labute approximate surface area is 59.6 Å². The zero-order valence-electron chi connectivity index (χ0n) is 5.02. The van der Waals surface area contributed by atoms with Crippen LogP contribution in [0.2, 0.25) is 0 Å². The highest BCUT2D eigenvalue weighted by Gasteiger charge is 1.96. The molecule has 0 fully saturated rings. The van der Waals surface area contributed by atoms with Crippen molar-refractivity contribution < 1.29 is 0 Å². The second-order valence-electron chi connectivity index (χ2n) is 2.19. The van der Waals surface area contributed by atoms with Crippen molar-refractivity contribution in [2.24, 2.45) is 11.5 Å². The Hall–Kier alpha value is -0.0800. The van der Waals surface area contributed by atoms with E-state index in [1.807, 2.05) is 13.8 Å². The van der Waals surface area contributed by atoms with Crippen molar-refractivity contribution in [3.8, 4) is 0 Å². The Morgan fingerprint density at radius 1 is 1.00 bits per heavy atom. The van der Waals surface area contributed by atoms with Gasteiger partial charge in [-0.3, -0.25) is 0 Å². The average Bonchev–Trinajstić information content (AvgIpc) is 1.27. The maximum absolute atomic E-state index is 5.41. The molecule has 9 heavy (non-hydrogen) atoms. The number of hydrogen-bond acceptors (Lipinski definition) is 2. The summed E-state index contributed by atoms with van der Waals surface area (Å²) in [5.74, 6) is 0. The predicted molar refractivity (Wildman–Crippen MR) is 45.4 cm³/mol. The lowest BCUT2D eigenvalue weighted by atomic mass is 10.1. The number of hydrogen-bond donors (Lipinski definition) is 2. The normalized spacial score (nSPS) is 14.7. The number of rotatable bonds is 2. The molecule has 2 heteroatoms. The first-order valence-electron chi connectivity index (χ1n) is 2.64. The van der Waals surface area contributed by atoms with E-state index in [2.05, 4.69) is 0 Å². The van der Waals surface area contributed by atoms with Gasteiger partial charge in [0.2, 0.25) is 0 Å². The van der Waals surface area contributed by atoms with Crippen LogP contribution in [0.3, 0.4) is 0 Å². The molecule has 0 radical (unpaired) electrons. The van der Waals surface area contributed by atoms with Gasteiger partial charge in [-0.1, -0.05) is 14.9 Å². The van der Waals surface area contributed by atoms with E-state index >= 15 is 0 Å². The topological polar surface area (TPSA) is 52.0 Å². The van der Waals surface area contributed by atoms with Crippen molar-refractivity contribution >= 4 is 0 Å². The van der Waals surface area contributed by atoms with Crippen LogP contribution in [0.1, 0.15) is 35.1 Å². The molecule has 2 atom stereocenters. The lowest BCUT2D eigenvalue weighted by Gasteiger charge is -2.06. The molecule has 0 spiro atoms. The summed E-state index contributed by atoms with van der Waals surface area (Å²) < 4.78 is 0. The molecule has 4 N–H and O–H groups in total. The lowest BCUT2D eigenvalue weighted by Crippen LogP contribution is -2.26. The quantitative estimate of drug-likeness (QED) is 0.599. The molecule has 2 unspecified atom stereocenters. The molecule has 0 aliphatic rings. The van der Waals surface area contributed by atoms with Crippen molar-refractivity contribution in [1.82, 2.24) is 0 Å². The van der Waals surface area contributed by atoms with Crippen LogP contribution in [0.4, 0.5) is 0 Å². The molecular formula is C7H22N2. The Balaban J connectivity index is -0.000000180. The van der Waals surface area contributed by atoms with Crippen LogP contribution >= 0.6 is 0 Å². The zero-order valence-corrected chi connectivity index (χ0v) is 5.02. The molecular weight excluding hydrogens is 112 g/mol. The molecule has 60 valence electrons. The van der Waals surface area contributed by atoms with Gasteiger partial charge < -0.3 is 11.5 Å². The van der Waals surface area contributed by atoms with Gasteiger partial charge in [-0.2, -0.15) is 0 Å². The smallest absolute Gasteiger partial charge is 0.00251 e. The third-order valence-electron chi connectivity index (χ3n) is 0.744. The van der Waals surface area contributed by atoms with Crippen molar-refractivity contribution in [2.75, 3.05) is 0 Å². The second kappa shape index (κ2) is 7.92. The Kier molecular flexibility index (Phi) is 14.0. The van der Waals surface area contributed by atoms with Gasteiger partial charge in [0.05, 0.1) is 0 Å². The average molecular weight is 134 g/mol. The maximum atomic E-state index is 5.41. The predicted octanol–water partition coefficient (Wildman–Crippen LogP) is 1.34. The first-order valence-corrected chi connectivity index (χ1v) is 2.64. The number of nitrogens with two attached hydrogens (primary N) is 2. The first kappa shape index (κ1) is 16.0. The van der Waals surface area contributed by atoms with E-state index in [4.69, 9.17) is 11.5 Å². The summed E-state index contributed by atoms with van der Waals surface area (Å²) >= 11 is 0. The van der Waals surface area contributed by atoms with Gasteiger partial charge in [-0.15, -0.1) is 0 Å². The standard InChI is InChI=1S/C5H14N2.2CH4/c1-4(6)3-5(2)7;;/h4-5H,3,6-7H2,1-2H3;2*1H4. The van der Waals surface area contributed by atoms with Gasteiger partial charge >= 0.3 is 0 Å². The van der Waals surface area contributed by atoms with E-state index in [9.17, 15) is 0 Å². The summed E-state index contributed by atoms with van der Waals surface area (Å²) in [5, 5.41) is 0. The molecule has 0 saturated heterocycles. The maximum Gasteiger partial charge on any atom is 0.00251 e. The van der Waals surface area contributed by atoms with Crippen LogP contribution in [-0.2, 0) is 0 Å². The van der Waals surface area contributed by atoms with E-state index in [1.165, 1.54) is 0 Å². The van der Waals surface area contributed by atoms with Gasteiger partial charge in [0.1, 0.15) is 0 Å². The SMILES string of the molecule is C.C.CC(N)CC(C)N. The third kappa shape index (κ3) is 18.1. The van der Waals surface area contributed by atoms with Crippen LogP contribution in [-0.4, -0.2) is 12.1 Å². The molecule has 2 nitrogen and oxygen atoms in total. The van der Waals surface area contributed by atoms with E-state index in [0.29, 0.717) is 0 Å². The molecule has 0 amide bonds. The summed E-state index contributed by atoms with van der Waals surface area (Å²) in [6, 6.07) is 0.500. The molecule has 0 aromatic carbocycles. The molecule has 0 aliphatic heterocycles. The van der Waals surface area contributed by atoms with Crippen molar-refractivity contribution in [3.63, 3.8) is 0 Å². The van der Waals surface area contributed by atoms with E-state index in [-0.39, 0.29) is 26.9 Å². The minimum absolute atomic E-state index is 0. The molecule has 0 rings (SSSR count). The Morgan fingerprint density at radius 3 is 1.22 bits per heavy atom. The van der Waals surface area contributed by atoms with Gasteiger partial charge in [0, 0.05) is 12.1 Å². The first-order chi connectivity index (χ1) is 3.13. The summed E-state index contributed by atoms with van der Waals surface area (Å²) in [5.41, 5.74) is 10.8. The molecule has 0 heterocycles. The van der Waals surface area contributed by atoms with Crippen LogP contribution < -0.4 is 11.5 Å². The molecule has 0 aromatic rings. The molecule has 0 bridgehead atoms. The fourth-order valence-electron chi connectivity index (χ4n) is 0.586. The second-order valence-corrected chi connectivity index (χ2v) is 2.19. The zero-order chi connectivity index (χ0) is 5.86. The van der Waals surface area contributed by atoms with E-state index in [1.54, 1.807) is 0 Å². The largest absolute Gasteiger partial charge is 0.328 e. The summed E-state index contributed by atoms with van der Waals surface area (Å²) in [4.78, 5) is 0. The summed E-state index contributed by atoms with van der Waals surface area (Å²) in [7, 11) is 0. The highest BCUT2D eigenvalue weighted by atomic mass is 14.7. The Bertz CT molecular complexity index is 36.2. The molecule has 0 saturated carbocycles. The minimum Gasteiger partial charge on any atom is -0.328 e. The van der Waals surface area contributed by atoms with Crippen molar-refractivity contribution in [2.45, 2.75) is 47.2 Å². The molecule has 0 aromatic heterocycles. The van der Waals surface area contributed by atoms with Crippen LogP contribution in [0.5, 0.6) is 0 Å². The highest BCUT2D eigenvalue weighted by Crippen LogP contribution is 1.88. The van der Waals surface area contributed by atoms with Crippen LogP contribution in [0.25, 0.3) is 0 Å². The fourth-order valence-corrected chi connectivity index (χ4v) is 0.586. The van der Waals surface area contributed by atoms with Crippen molar-refractivity contribution in [1.29, 1.82) is 0 Å². The molecule has 0 aliphatic carbocycles. The Morgan fingerprint density at radius 2 is 1.22 bits per heavy atom. The van der Waals surface area contributed by atoms with Gasteiger partial charge in [0.15, 0.2) is 0 Å². The van der Waals surface area contributed by atoms with E-state index in [0.717, 1.165) is 6.42 Å². The highest BCUT2D eigenvalue weighted by molar-refractivity contribution is 4.60. The minimum atomic E-state index is 0.